The Morgan fingerprint density at radius 3 is 3.00 bits per heavy atom. The van der Waals surface area contributed by atoms with Crippen LogP contribution in [0.5, 0.6) is 0 Å². The van der Waals surface area contributed by atoms with Crippen molar-refractivity contribution in [3.8, 4) is 0 Å². The third kappa shape index (κ3) is 2.70. The molecular weight excluding hydrogens is 288 g/mol. The Bertz CT molecular complexity index is 794. The van der Waals surface area contributed by atoms with Gasteiger partial charge in [-0.1, -0.05) is 0 Å². The van der Waals surface area contributed by atoms with E-state index >= 15 is 0 Å². The quantitative estimate of drug-likeness (QED) is 0.791. The molecule has 4 rings (SSSR count). The fourth-order valence-electron chi connectivity index (χ4n) is 3.29. The van der Waals surface area contributed by atoms with Gasteiger partial charge in [0, 0.05) is 48.7 Å². The summed E-state index contributed by atoms with van der Waals surface area (Å²) >= 11 is 0. The molecular formula is C18H18N4O. The second-order valence-electron chi connectivity index (χ2n) is 6.00. The average molecular weight is 306 g/mol. The zero-order valence-corrected chi connectivity index (χ0v) is 12.8. The van der Waals surface area contributed by atoms with E-state index in [0.29, 0.717) is 11.5 Å². The molecule has 0 bridgehead atoms. The molecule has 0 aliphatic carbocycles. The lowest BCUT2D eigenvalue weighted by molar-refractivity contribution is 0.0705. The van der Waals surface area contributed by atoms with Crippen LogP contribution >= 0.6 is 0 Å². The maximum Gasteiger partial charge on any atom is 0.255 e. The molecule has 1 fully saturated rings. The largest absolute Gasteiger partial charge is 0.343 e. The van der Waals surface area contributed by atoms with Crippen LogP contribution in [0.3, 0.4) is 0 Å². The number of amides is 1. The molecule has 1 N–H and O–H groups in total. The van der Waals surface area contributed by atoms with E-state index in [1.807, 2.05) is 17.0 Å². The number of fused-ring (bicyclic) bond motifs is 1. The number of likely N-dealkylation sites (tertiary alicyclic amines) is 1. The highest BCUT2D eigenvalue weighted by atomic mass is 16.2. The minimum atomic E-state index is 0.0667. The summed E-state index contributed by atoms with van der Waals surface area (Å²) in [5.41, 5.74) is 2.74. The first-order valence-electron chi connectivity index (χ1n) is 7.94. The van der Waals surface area contributed by atoms with Gasteiger partial charge in [0.2, 0.25) is 0 Å². The van der Waals surface area contributed by atoms with Crippen LogP contribution in [0.2, 0.25) is 0 Å². The molecule has 0 saturated carbocycles. The van der Waals surface area contributed by atoms with Gasteiger partial charge in [0.05, 0.1) is 5.56 Å². The Morgan fingerprint density at radius 2 is 2.17 bits per heavy atom. The van der Waals surface area contributed by atoms with Crippen LogP contribution in [0.15, 0.2) is 48.9 Å². The van der Waals surface area contributed by atoms with E-state index in [4.69, 9.17) is 0 Å². The van der Waals surface area contributed by atoms with Gasteiger partial charge in [-0.3, -0.25) is 9.78 Å². The fourth-order valence-corrected chi connectivity index (χ4v) is 3.29. The molecule has 1 amide bonds. The Labute approximate surface area is 134 Å². The summed E-state index contributed by atoms with van der Waals surface area (Å²) in [6, 6.07) is 9.79. The number of carbonyl (C=O) groups excluding carboxylic acids is 1. The molecule has 1 aliphatic rings. The summed E-state index contributed by atoms with van der Waals surface area (Å²) in [4.78, 5) is 26.3. The lowest BCUT2D eigenvalue weighted by Gasteiger charge is -2.32. The second kappa shape index (κ2) is 5.83. The van der Waals surface area contributed by atoms with Crippen molar-refractivity contribution in [1.82, 2.24) is 19.9 Å². The molecule has 5 heteroatoms. The van der Waals surface area contributed by atoms with Gasteiger partial charge in [-0.15, -0.1) is 0 Å². The number of hydrogen-bond acceptors (Lipinski definition) is 3. The normalized spacial score (nSPS) is 18.3. The van der Waals surface area contributed by atoms with Crippen molar-refractivity contribution in [2.24, 2.45) is 0 Å². The van der Waals surface area contributed by atoms with Crippen LogP contribution in [0.4, 0.5) is 0 Å². The zero-order chi connectivity index (χ0) is 15.6. The predicted molar refractivity (Wildman–Crippen MR) is 88.2 cm³/mol. The van der Waals surface area contributed by atoms with E-state index in [1.54, 1.807) is 24.7 Å². The number of nitrogens with one attached hydrogen (secondary N) is 1. The number of pyridine rings is 2. The third-order valence-corrected chi connectivity index (χ3v) is 4.47. The molecule has 4 heterocycles. The van der Waals surface area contributed by atoms with Crippen molar-refractivity contribution < 1.29 is 4.79 Å². The second-order valence-corrected chi connectivity index (χ2v) is 6.00. The number of hydrogen-bond donors (Lipinski definition) is 1. The van der Waals surface area contributed by atoms with Crippen molar-refractivity contribution in [1.29, 1.82) is 0 Å². The molecule has 0 spiro atoms. The van der Waals surface area contributed by atoms with Crippen molar-refractivity contribution in [3.63, 3.8) is 0 Å². The lowest BCUT2D eigenvalue weighted by atomic mass is 9.94. The predicted octanol–water partition coefficient (Wildman–Crippen LogP) is 2.98. The summed E-state index contributed by atoms with van der Waals surface area (Å²) in [7, 11) is 0. The van der Waals surface area contributed by atoms with E-state index in [1.165, 1.54) is 5.69 Å². The van der Waals surface area contributed by atoms with E-state index < -0.39 is 0 Å². The molecule has 0 radical (unpaired) electrons. The van der Waals surface area contributed by atoms with Crippen LogP contribution in [0, 0.1) is 0 Å². The van der Waals surface area contributed by atoms with Gasteiger partial charge in [0.15, 0.2) is 0 Å². The van der Waals surface area contributed by atoms with E-state index in [-0.39, 0.29) is 5.91 Å². The molecule has 1 atom stereocenters. The first-order valence-corrected chi connectivity index (χ1v) is 7.94. The average Bonchev–Trinajstić information content (AvgIpc) is 3.06. The third-order valence-electron chi connectivity index (χ3n) is 4.47. The van der Waals surface area contributed by atoms with Crippen molar-refractivity contribution >= 4 is 16.9 Å². The summed E-state index contributed by atoms with van der Waals surface area (Å²) in [6.07, 6.45) is 7.22. The summed E-state index contributed by atoms with van der Waals surface area (Å²) in [6.45, 7) is 1.54. The Kier molecular flexibility index (Phi) is 3.54. The molecule has 116 valence electrons. The summed E-state index contributed by atoms with van der Waals surface area (Å²) in [5.74, 6) is 0.399. The fraction of sp³-hybridized carbons (Fsp3) is 0.278. The smallest absolute Gasteiger partial charge is 0.255 e. The highest BCUT2D eigenvalue weighted by Gasteiger charge is 2.26. The molecule has 0 aromatic carbocycles. The highest BCUT2D eigenvalue weighted by Crippen LogP contribution is 2.29. The van der Waals surface area contributed by atoms with Crippen LogP contribution in [0.25, 0.3) is 11.0 Å². The molecule has 23 heavy (non-hydrogen) atoms. The minimum Gasteiger partial charge on any atom is -0.343 e. The van der Waals surface area contributed by atoms with Crippen molar-refractivity contribution in [2.45, 2.75) is 18.8 Å². The van der Waals surface area contributed by atoms with Gasteiger partial charge in [-0.05, 0) is 43.2 Å². The van der Waals surface area contributed by atoms with Gasteiger partial charge in [0.25, 0.3) is 5.91 Å². The van der Waals surface area contributed by atoms with Crippen LogP contribution in [-0.2, 0) is 0 Å². The molecule has 1 aliphatic heterocycles. The number of H-pyrrole nitrogens is 1. The number of piperidine rings is 1. The SMILES string of the molecule is O=C(c1cccnc1)N1CCCC(c2cc3cccnc3[nH]2)C1. The van der Waals surface area contributed by atoms with Gasteiger partial charge in [-0.25, -0.2) is 4.98 Å². The topological polar surface area (TPSA) is 61.9 Å². The molecule has 1 saturated heterocycles. The number of nitrogens with zero attached hydrogens (tertiary/aromatic N) is 3. The van der Waals surface area contributed by atoms with E-state index in [2.05, 4.69) is 27.1 Å². The van der Waals surface area contributed by atoms with Crippen LogP contribution < -0.4 is 0 Å². The van der Waals surface area contributed by atoms with Crippen molar-refractivity contribution in [2.75, 3.05) is 13.1 Å². The molecule has 3 aromatic heterocycles. The zero-order valence-electron chi connectivity index (χ0n) is 12.8. The Balaban J connectivity index is 1.56. The Hall–Kier alpha value is -2.69. The van der Waals surface area contributed by atoms with E-state index in [0.717, 1.165) is 37.0 Å². The number of aromatic nitrogens is 3. The summed E-state index contributed by atoms with van der Waals surface area (Å²) in [5, 5.41) is 1.12. The maximum atomic E-state index is 12.6. The lowest BCUT2D eigenvalue weighted by Crippen LogP contribution is -2.39. The Morgan fingerprint density at radius 1 is 1.26 bits per heavy atom. The van der Waals surface area contributed by atoms with Crippen LogP contribution in [0.1, 0.15) is 34.8 Å². The molecule has 5 nitrogen and oxygen atoms in total. The molecule has 3 aromatic rings. The number of aromatic amines is 1. The highest BCUT2D eigenvalue weighted by molar-refractivity contribution is 5.94. The minimum absolute atomic E-state index is 0.0667. The molecule has 1 unspecified atom stereocenters. The number of carbonyl (C=O) groups is 1. The van der Waals surface area contributed by atoms with Gasteiger partial charge < -0.3 is 9.88 Å². The summed E-state index contributed by atoms with van der Waals surface area (Å²) < 4.78 is 0. The van der Waals surface area contributed by atoms with Crippen LogP contribution in [-0.4, -0.2) is 38.8 Å². The monoisotopic (exact) mass is 306 g/mol. The number of rotatable bonds is 2. The van der Waals surface area contributed by atoms with Gasteiger partial charge >= 0.3 is 0 Å². The van der Waals surface area contributed by atoms with Gasteiger partial charge in [-0.2, -0.15) is 0 Å². The maximum absolute atomic E-state index is 12.6. The first kappa shape index (κ1) is 13.9. The van der Waals surface area contributed by atoms with E-state index in [9.17, 15) is 4.79 Å². The van der Waals surface area contributed by atoms with Crippen molar-refractivity contribution in [3.05, 3.63) is 60.2 Å². The van der Waals surface area contributed by atoms with Gasteiger partial charge in [0.1, 0.15) is 5.65 Å². The standard InChI is InChI=1S/C18H18N4O/c23-18(14-5-1-7-19-11-14)22-9-3-6-15(12-22)16-10-13-4-2-8-20-17(13)21-16/h1-2,4-5,7-8,10-11,15H,3,6,9,12H2,(H,20,21). The first-order chi connectivity index (χ1) is 11.3.